The van der Waals surface area contributed by atoms with Crippen molar-refractivity contribution < 1.29 is 4.79 Å². The molecule has 0 aromatic heterocycles. The van der Waals surface area contributed by atoms with E-state index >= 15 is 0 Å². The van der Waals surface area contributed by atoms with E-state index in [0.29, 0.717) is 17.9 Å². The van der Waals surface area contributed by atoms with Crippen LogP contribution >= 0.6 is 0 Å². The second-order valence-corrected chi connectivity index (χ2v) is 7.65. The van der Waals surface area contributed by atoms with Crippen molar-refractivity contribution in [3.8, 4) is 0 Å². The van der Waals surface area contributed by atoms with Gasteiger partial charge < -0.3 is 10.2 Å². The molecule has 22 heavy (non-hydrogen) atoms. The van der Waals surface area contributed by atoms with Gasteiger partial charge in [-0.2, -0.15) is 0 Å². The van der Waals surface area contributed by atoms with Gasteiger partial charge in [-0.25, -0.2) is 0 Å². The molecule has 3 aliphatic rings. The quantitative estimate of drug-likeness (QED) is 0.864. The van der Waals surface area contributed by atoms with Crippen LogP contribution < -0.4 is 5.32 Å². The van der Waals surface area contributed by atoms with Crippen molar-refractivity contribution in [3.63, 3.8) is 0 Å². The molecule has 0 radical (unpaired) electrons. The highest BCUT2D eigenvalue weighted by Gasteiger charge is 2.32. The number of piperazine rings is 1. The third kappa shape index (κ3) is 4.02. The van der Waals surface area contributed by atoms with Crippen molar-refractivity contribution in [1.29, 1.82) is 0 Å². The molecule has 1 amide bonds. The highest BCUT2D eigenvalue weighted by atomic mass is 16.2. The zero-order valence-electron chi connectivity index (χ0n) is 14.2. The Hall–Kier alpha value is -0.610. The molecule has 0 aromatic carbocycles. The van der Waals surface area contributed by atoms with E-state index in [1.54, 1.807) is 0 Å². The van der Waals surface area contributed by atoms with Crippen LogP contribution in [-0.2, 0) is 4.79 Å². The molecule has 2 unspecified atom stereocenters. The van der Waals surface area contributed by atoms with Gasteiger partial charge in [-0.05, 0) is 18.3 Å². The van der Waals surface area contributed by atoms with Crippen LogP contribution in [0.3, 0.4) is 0 Å². The van der Waals surface area contributed by atoms with E-state index < -0.39 is 0 Å². The van der Waals surface area contributed by atoms with Crippen molar-refractivity contribution in [1.82, 2.24) is 15.1 Å². The van der Waals surface area contributed by atoms with Crippen molar-refractivity contribution >= 4 is 5.91 Å². The smallest absolute Gasteiger partial charge is 0.222 e. The Kier molecular flexibility index (Phi) is 5.75. The van der Waals surface area contributed by atoms with E-state index in [2.05, 4.69) is 22.0 Å². The molecule has 1 saturated carbocycles. The van der Waals surface area contributed by atoms with Crippen molar-refractivity contribution in [2.24, 2.45) is 11.8 Å². The lowest BCUT2D eigenvalue weighted by atomic mass is 9.79. The summed E-state index contributed by atoms with van der Waals surface area (Å²) in [6, 6.07) is 0.607. The number of amides is 1. The van der Waals surface area contributed by atoms with Gasteiger partial charge in [0.1, 0.15) is 0 Å². The van der Waals surface area contributed by atoms with E-state index in [1.807, 2.05) is 0 Å². The highest BCUT2D eigenvalue weighted by molar-refractivity contribution is 5.76. The van der Waals surface area contributed by atoms with Gasteiger partial charge >= 0.3 is 0 Å². The summed E-state index contributed by atoms with van der Waals surface area (Å²) in [6.07, 6.45) is 8.78. The van der Waals surface area contributed by atoms with Gasteiger partial charge in [-0.1, -0.05) is 39.0 Å². The molecular weight excluding hydrogens is 274 g/mol. The van der Waals surface area contributed by atoms with Crippen LogP contribution in [0.1, 0.15) is 51.9 Å². The summed E-state index contributed by atoms with van der Waals surface area (Å²) in [6.45, 7) is 8.74. The molecule has 2 heterocycles. The maximum absolute atomic E-state index is 12.6. The van der Waals surface area contributed by atoms with Gasteiger partial charge in [-0.15, -0.1) is 0 Å². The molecule has 0 bridgehead atoms. The Morgan fingerprint density at radius 2 is 1.82 bits per heavy atom. The van der Waals surface area contributed by atoms with E-state index in [9.17, 15) is 4.79 Å². The number of hydrogen-bond acceptors (Lipinski definition) is 3. The maximum Gasteiger partial charge on any atom is 0.222 e. The molecule has 126 valence electrons. The van der Waals surface area contributed by atoms with E-state index in [-0.39, 0.29) is 0 Å². The molecule has 1 N–H and O–H groups in total. The van der Waals surface area contributed by atoms with Gasteiger partial charge in [0, 0.05) is 51.7 Å². The summed E-state index contributed by atoms with van der Waals surface area (Å²) in [4.78, 5) is 17.3. The van der Waals surface area contributed by atoms with Gasteiger partial charge in [0.05, 0.1) is 0 Å². The fourth-order valence-corrected chi connectivity index (χ4v) is 4.59. The Labute approximate surface area is 135 Å². The average Bonchev–Trinajstić information content (AvgIpc) is 3.06. The first-order valence-electron chi connectivity index (χ1n) is 9.46. The number of nitrogens with zero attached hydrogens (tertiary/aromatic N) is 2. The zero-order valence-corrected chi connectivity index (χ0v) is 14.2. The Balaban J connectivity index is 1.44. The predicted molar refractivity (Wildman–Crippen MR) is 89.8 cm³/mol. The van der Waals surface area contributed by atoms with Gasteiger partial charge in [0.25, 0.3) is 0 Å². The molecular formula is C18H33N3O. The Bertz CT molecular complexity index is 361. The highest BCUT2D eigenvalue weighted by Crippen LogP contribution is 2.32. The lowest BCUT2D eigenvalue weighted by Crippen LogP contribution is -2.49. The molecule has 1 aliphatic carbocycles. The van der Waals surface area contributed by atoms with E-state index in [0.717, 1.165) is 51.6 Å². The largest absolute Gasteiger partial charge is 0.341 e. The molecule has 2 saturated heterocycles. The van der Waals surface area contributed by atoms with Gasteiger partial charge in [0.2, 0.25) is 5.91 Å². The van der Waals surface area contributed by atoms with Gasteiger partial charge in [0.15, 0.2) is 0 Å². The minimum absolute atomic E-state index is 0.413. The first-order valence-corrected chi connectivity index (χ1v) is 9.46. The fraction of sp³-hybridized carbons (Fsp3) is 0.944. The van der Waals surface area contributed by atoms with Crippen molar-refractivity contribution in [3.05, 3.63) is 0 Å². The van der Waals surface area contributed by atoms with Crippen LogP contribution in [0.15, 0.2) is 0 Å². The summed E-state index contributed by atoms with van der Waals surface area (Å²) in [5.41, 5.74) is 0. The molecule has 2 aliphatic heterocycles. The van der Waals surface area contributed by atoms with E-state index in [1.165, 1.54) is 38.5 Å². The average molecular weight is 307 g/mol. The molecule has 4 nitrogen and oxygen atoms in total. The second kappa shape index (κ2) is 7.78. The number of nitrogens with one attached hydrogen (secondary N) is 1. The van der Waals surface area contributed by atoms with Crippen LogP contribution in [0.5, 0.6) is 0 Å². The SMILES string of the molecule is CC(CC(=O)N1CCC(N2CCNCC2)C1)C1CCCCC1. The second-order valence-electron chi connectivity index (χ2n) is 7.65. The minimum atomic E-state index is 0.413. The van der Waals surface area contributed by atoms with Crippen LogP contribution in [0.2, 0.25) is 0 Å². The van der Waals surface area contributed by atoms with Crippen LogP contribution in [0.25, 0.3) is 0 Å². The monoisotopic (exact) mass is 307 g/mol. The number of rotatable bonds is 4. The third-order valence-electron chi connectivity index (χ3n) is 6.14. The zero-order chi connectivity index (χ0) is 15.4. The number of carbonyl (C=O) groups excluding carboxylic acids is 1. The molecule has 0 aromatic rings. The third-order valence-corrected chi connectivity index (χ3v) is 6.14. The number of carbonyl (C=O) groups is 1. The fourth-order valence-electron chi connectivity index (χ4n) is 4.59. The summed E-state index contributed by atoms with van der Waals surface area (Å²) in [5.74, 6) is 1.78. The van der Waals surface area contributed by atoms with Crippen molar-refractivity contribution in [2.75, 3.05) is 39.3 Å². The van der Waals surface area contributed by atoms with Crippen molar-refractivity contribution in [2.45, 2.75) is 57.9 Å². The summed E-state index contributed by atoms with van der Waals surface area (Å²) in [5, 5.41) is 3.41. The summed E-state index contributed by atoms with van der Waals surface area (Å²) in [7, 11) is 0. The van der Waals surface area contributed by atoms with Crippen LogP contribution in [-0.4, -0.2) is 61.0 Å². The molecule has 3 rings (SSSR count). The summed E-state index contributed by atoms with van der Waals surface area (Å²) < 4.78 is 0. The minimum Gasteiger partial charge on any atom is -0.341 e. The molecule has 0 spiro atoms. The molecule has 3 fully saturated rings. The topological polar surface area (TPSA) is 35.6 Å². The normalized spacial score (nSPS) is 29.7. The van der Waals surface area contributed by atoms with Gasteiger partial charge in [-0.3, -0.25) is 9.69 Å². The number of hydrogen-bond donors (Lipinski definition) is 1. The lowest BCUT2D eigenvalue weighted by molar-refractivity contribution is -0.131. The predicted octanol–water partition coefficient (Wildman–Crippen LogP) is 2.10. The maximum atomic E-state index is 12.6. The van der Waals surface area contributed by atoms with Crippen LogP contribution in [0, 0.1) is 11.8 Å². The Morgan fingerprint density at radius 1 is 1.09 bits per heavy atom. The van der Waals surface area contributed by atoms with E-state index in [4.69, 9.17) is 0 Å². The number of likely N-dealkylation sites (tertiary alicyclic amines) is 1. The summed E-state index contributed by atoms with van der Waals surface area (Å²) >= 11 is 0. The first-order chi connectivity index (χ1) is 10.7. The Morgan fingerprint density at radius 3 is 2.55 bits per heavy atom. The van der Waals surface area contributed by atoms with Crippen LogP contribution in [0.4, 0.5) is 0 Å². The first kappa shape index (κ1) is 16.3. The lowest BCUT2D eigenvalue weighted by Gasteiger charge is -2.33. The molecule has 2 atom stereocenters. The standard InChI is InChI=1S/C18H33N3O/c1-15(16-5-3-2-4-6-16)13-18(22)21-10-7-17(14-21)20-11-8-19-9-12-20/h15-17,19H,2-14H2,1H3. The molecule has 4 heteroatoms.